The maximum Gasteiger partial charge on any atom is 0.264 e. The van der Waals surface area contributed by atoms with Gasteiger partial charge in [0.1, 0.15) is 18.1 Å². The first-order valence-electron chi connectivity index (χ1n) is 11.1. The molecule has 35 heavy (non-hydrogen) atoms. The number of halogens is 1. The molecule has 0 saturated heterocycles. The highest BCUT2D eigenvalue weighted by molar-refractivity contribution is 7.92. The zero-order valence-corrected chi connectivity index (χ0v) is 20.6. The standard InChI is InChI=1S/C26H28FN3O4S/c1-19(2)18-34-22-12-10-21(11-13-22)16-28-29-26(31)17-30(25-7-5-4-6-24(25)27)35(32,33)23-14-8-20(3)9-15-23/h4-16,19H,17-18H2,1-3H3,(H,29,31)/b28-16+. The topological polar surface area (TPSA) is 88.1 Å². The molecule has 0 heterocycles. The van der Waals surface area contributed by atoms with E-state index in [0.717, 1.165) is 21.7 Å². The van der Waals surface area contributed by atoms with Crippen LogP contribution in [0.15, 0.2) is 82.8 Å². The lowest BCUT2D eigenvalue weighted by molar-refractivity contribution is -0.119. The molecule has 0 aliphatic heterocycles. The van der Waals surface area contributed by atoms with E-state index >= 15 is 0 Å². The lowest BCUT2D eigenvalue weighted by Gasteiger charge is -2.24. The Balaban J connectivity index is 1.74. The second kappa shape index (κ2) is 11.6. The summed E-state index contributed by atoms with van der Waals surface area (Å²) < 4.78 is 47.5. The number of nitrogens with zero attached hydrogens (tertiary/aromatic N) is 2. The SMILES string of the molecule is Cc1ccc(S(=O)(=O)N(CC(=O)N/N=C/c2ccc(OCC(C)C)cc2)c2ccccc2F)cc1. The smallest absolute Gasteiger partial charge is 0.264 e. The summed E-state index contributed by atoms with van der Waals surface area (Å²) in [5.74, 6) is -0.358. The largest absolute Gasteiger partial charge is 0.493 e. The van der Waals surface area contributed by atoms with Gasteiger partial charge in [-0.05, 0) is 66.9 Å². The number of sulfonamides is 1. The minimum Gasteiger partial charge on any atom is -0.493 e. The van der Waals surface area contributed by atoms with Crippen LogP contribution in [-0.2, 0) is 14.8 Å². The van der Waals surface area contributed by atoms with E-state index < -0.39 is 28.3 Å². The second-order valence-corrected chi connectivity index (χ2v) is 10.2. The molecule has 0 unspecified atom stereocenters. The predicted octanol–water partition coefficient (Wildman–Crippen LogP) is 4.51. The molecular formula is C26H28FN3O4S. The van der Waals surface area contributed by atoms with Crippen molar-refractivity contribution in [3.05, 3.63) is 89.7 Å². The molecule has 3 aromatic rings. The van der Waals surface area contributed by atoms with Gasteiger partial charge >= 0.3 is 0 Å². The summed E-state index contributed by atoms with van der Waals surface area (Å²) in [6, 6.07) is 18.6. The second-order valence-electron chi connectivity index (χ2n) is 8.34. The van der Waals surface area contributed by atoms with Crippen molar-refractivity contribution < 1.29 is 22.3 Å². The van der Waals surface area contributed by atoms with E-state index in [2.05, 4.69) is 24.4 Å². The molecule has 0 spiro atoms. The van der Waals surface area contributed by atoms with Crippen LogP contribution in [0.2, 0.25) is 0 Å². The van der Waals surface area contributed by atoms with E-state index in [1.165, 1.54) is 36.5 Å². The van der Waals surface area contributed by atoms with E-state index in [0.29, 0.717) is 18.1 Å². The molecule has 3 aromatic carbocycles. The average Bonchev–Trinajstić information content (AvgIpc) is 2.83. The van der Waals surface area contributed by atoms with Crippen LogP contribution in [0.5, 0.6) is 5.75 Å². The van der Waals surface area contributed by atoms with E-state index in [1.54, 1.807) is 36.4 Å². The molecule has 1 N–H and O–H groups in total. The quantitative estimate of drug-likeness (QED) is 0.330. The maximum atomic E-state index is 14.5. The van der Waals surface area contributed by atoms with Crippen LogP contribution in [0.25, 0.3) is 0 Å². The molecule has 0 saturated carbocycles. The van der Waals surface area contributed by atoms with Crippen LogP contribution in [0.4, 0.5) is 10.1 Å². The van der Waals surface area contributed by atoms with Gasteiger partial charge in [0.2, 0.25) is 0 Å². The fraction of sp³-hybridized carbons (Fsp3) is 0.231. The van der Waals surface area contributed by atoms with Gasteiger partial charge in [0.25, 0.3) is 15.9 Å². The third-order valence-electron chi connectivity index (χ3n) is 4.88. The summed E-state index contributed by atoms with van der Waals surface area (Å²) in [6.07, 6.45) is 1.42. The molecule has 0 aromatic heterocycles. The molecule has 0 atom stereocenters. The van der Waals surface area contributed by atoms with Gasteiger partial charge in [0.05, 0.1) is 23.4 Å². The Morgan fingerprint density at radius 1 is 1.06 bits per heavy atom. The zero-order chi connectivity index (χ0) is 25.4. The lowest BCUT2D eigenvalue weighted by atomic mass is 10.2. The number of hydrogen-bond acceptors (Lipinski definition) is 5. The number of rotatable bonds is 10. The number of nitrogens with one attached hydrogen (secondary N) is 1. The number of carbonyl (C=O) groups excluding carboxylic acids is 1. The molecule has 0 aliphatic rings. The number of hydrazone groups is 1. The van der Waals surface area contributed by atoms with Crippen molar-refractivity contribution in [3.63, 3.8) is 0 Å². The van der Waals surface area contributed by atoms with E-state index in [9.17, 15) is 17.6 Å². The fourth-order valence-electron chi connectivity index (χ4n) is 3.05. The molecular weight excluding hydrogens is 469 g/mol. The highest BCUT2D eigenvalue weighted by Crippen LogP contribution is 2.26. The molecule has 0 aliphatic carbocycles. The summed E-state index contributed by atoms with van der Waals surface area (Å²) in [6.45, 7) is 5.89. The Bertz CT molecular complexity index is 1270. The number of ether oxygens (including phenoxy) is 1. The molecule has 184 valence electrons. The lowest BCUT2D eigenvalue weighted by Crippen LogP contribution is -2.40. The van der Waals surface area contributed by atoms with Gasteiger partial charge in [0, 0.05) is 0 Å². The highest BCUT2D eigenvalue weighted by atomic mass is 32.2. The van der Waals surface area contributed by atoms with Crippen LogP contribution < -0.4 is 14.5 Å². The van der Waals surface area contributed by atoms with Gasteiger partial charge in [-0.1, -0.05) is 43.7 Å². The number of carbonyl (C=O) groups is 1. The van der Waals surface area contributed by atoms with Crippen molar-refractivity contribution in [1.29, 1.82) is 0 Å². The molecule has 3 rings (SSSR count). The average molecular weight is 498 g/mol. The summed E-state index contributed by atoms with van der Waals surface area (Å²) in [7, 11) is -4.22. The van der Waals surface area contributed by atoms with Gasteiger partial charge in [-0.3, -0.25) is 9.10 Å². The summed E-state index contributed by atoms with van der Waals surface area (Å²) in [5.41, 5.74) is 3.65. The van der Waals surface area contributed by atoms with Gasteiger partial charge in [-0.15, -0.1) is 0 Å². The molecule has 0 bridgehead atoms. The maximum absolute atomic E-state index is 14.5. The summed E-state index contributed by atoms with van der Waals surface area (Å²) >= 11 is 0. The van der Waals surface area contributed by atoms with Crippen molar-refractivity contribution in [1.82, 2.24) is 5.43 Å². The first kappa shape index (κ1) is 25.9. The summed E-state index contributed by atoms with van der Waals surface area (Å²) in [5, 5.41) is 3.90. The van der Waals surface area contributed by atoms with Gasteiger partial charge in [-0.2, -0.15) is 5.10 Å². The van der Waals surface area contributed by atoms with E-state index in [1.807, 2.05) is 6.92 Å². The number of benzene rings is 3. The Labute approximate surface area is 205 Å². The number of anilines is 1. The van der Waals surface area contributed by atoms with Crippen molar-refractivity contribution in [3.8, 4) is 5.75 Å². The zero-order valence-electron chi connectivity index (χ0n) is 19.8. The van der Waals surface area contributed by atoms with Crippen LogP contribution in [-0.4, -0.2) is 33.7 Å². The number of para-hydroxylation sites is 1. The van der Waals surface area contributed by atoms with Gasteiger partial charge < -0.3 is 4.74 Å². The first-order chi connectivity index (χ1) is 16.7. The first-order valence-corrected chi connectivity index (χ1v) is 12.5. The molecule has 7 nitrogen and oxygen atoms in total. The summed E-state index contributed by atoms with van der Waals surface area (Å²) in [4.78, 5) is 12.5. The van der Waals surface area contributed by atoms with Crippen LogP contribution in [0.3, 0.4) is 0 Å². The Morgan fingerprint density at radius 3 is 2.34 bits per heavy atom. The predicted molar refractivity (Wildman–Crippen MR) is 135 cm³/mol. The Morgan fingerprint density at radius 2 is 1.71 bits per heavy atom. The van der Waals surface area contributed by atoms with Gasteiger partial charge in [-0.25, -0.2) is 18.2 Å². The highest BCUT2D eigenvalue weighted by Gasteiger charge is 2.29. The van der Waals surface area contributed by atoms with Gasteiger partial charge in [0.15, 0.2) is 0 Å². The number of amides is 1. The molecule has 9 heteroatoms. The van der Waals surface area contributed by atoms with Crippen LogP contribution >= 0.6 is 0 Å². The molecule has 1 amide bonds. The number of hydrogen-bond donors (Lipinski definition) is 1. The van der Waals surface area contributed by atoms with Crippen molar-refractivity contribution >= 4 is 27.8 Å². The van der Waals surface area contributed by atoms with Crippen molar-refractivity contribution in [2.24, 2.45) is 11.0 Å². The third-order valence-corrected chi connectivity index (χ3v) is 6.66. The van der Waals surface area contributed by atoms with Crippen LogP contribution in [0, 0.1) is 18.7 Å². The third kappa shape index (κ3) is 7.13. The Hall–Kier alpha value is -3.72. The fourth-order valence-corrected chi connectivity index (χ4v) is 4.48. The van der Waals surface area contributed by atoms with E-state index in [-0.39, 0.29) is 10.6 Å². The molecule has 0 fully saturated rings. The van der Waals surface area contributed by atoms with Crippen molar-refractivity contribution in [2.75, 3.05) is 17.5 Å². The number of aryl methyl sites for hydroxylation is 1. The normalized spacial score (nSPS) is 11.6. The van der Waals surface area contributed by atoms with E-state index in [4.69, 9.17) is 4.74 Å². The monoisotopic (exact) mass is 497 g/mol. The van der Waals surface area contributed by atoms with Crippen molar-refractivity contribution in [2.45, 2.75) is 25.7 Å². The molecule has 0 radical (unpaired) electrons. The Kier molecular flexibility index (Phi) is 8.59. The minimum absolute atomic E-state index is 0.0533. The minimum atomic E-state index is -4.22. The van der Waals surface area contributed by atoms with Crippen LogP contribution in [0.1, 0.15) is 25.0 Å².